The number of aromatic carboxylic acids is 1. The molecule has 0 spiro atoms. The topological polar surface area (TPSA) is 157 Å². The number of carboxylic acids is 2. The second-order valence-electron chi connectivity index (χ2n) is 7.86. The number of nitrogens with zero attached hydrogens (tertiary/aromatic N) is 3. The third-order valence-corrected chi connectivity index (χ3v) is 5.52. The fourth-order valence-electron chi connectivity index (χ4n) is 3.40. The highest BCUT2D eigenvalue weighted by Gasteiger charge is 2.19. The summed E-state index contributed by atoms with van der Waals surface area (Å²) >= 11 is 5.95. The van der Waals surface area contributed by atoms with Crippen molar-refractivity contribution in [1.29, 1.82) is 0 Å². The van der Waals surface area contributed by atoms with Crippen molar-refractivity contribution in [2.75, 3.05) is 5.32 Å². The van der Waals surface area contributed by atoms with Crippen LogP contribution in [0, 0.1) is 5.92 Å². The molecule has 4 aromatic rings. The monoisotopic (exact) mass is 498 g/mol. The Morgan fingerprint density at radius 1 is 1.09 bits per heavy atom. The summed E-state index contributed by atoms with van der Waals surface area (Å²) in [6.45, 7) is 1.06. The third kappa shape index (κ3) is 5.09. The predicted molar refractivity (Wildman–Crippen MR) is 127 cm³/mol. The maximum Gasteiger partial charge on any atom is 0.371 e. The van der Waals surface area contributed by atoms with Crippen LogP contribution in [0.3, 0.4) is 0 Å². The van der Waals surface area contributed by atoms with Crippen LogP contribution in [0.25, 0.3) is 11.0 Å². The summed E-state index contributed by atoms with van der Waals surface area (Å²) in [6, 6.07) is 12.8. The van der Waals surface area contributed by atoms with Gasteiger partial charge in [0.15, 0.2) is 0 Å². The van der Waals surface area contributed by atoms with E-state index in [1.54, 1.807) is 42.5 Å². The molecule has 12 heteroatoms. The Morgan fingerprint density at radius 3 is 2.46 bits per heavy atom. The van der Waals surface area contributed by atoms with Gasteiger partial charge in [-0.15, -0.1) is 0 Å². The van der Waals surface area contributed by atoms with Gasteiger partial charge in [-0.2, -0.15) is 4.98 Å². The quantitative estimate of drug-likeness (QED) is 0.332. The summed E-state index contributed by atoms with van der Waals surface area (Å²) in [6.07, 6.45) is 0. The Labute approximate surface area is 201 Å². The minimum absolute atomic E-state index is 0.0180. The van der Waals surface area contributed by atoms with Gasteiger partial charge in [0.2, 0.25) is 11.7 Å². The third-order valence-electron chi connectivity index (χ3n) is 5.27. The minimum Gasteiger partial charge on any atom is -0.481 e. The van der Waals surface area contributed by atoms with Gasteiger partial charge in [0, 0.05) is 22.6 Å². The van der Waals surface area contributed by atoms with E-state index in [1.807, 2.05) is 0 Å². The van der Waals surface area contributed by atoms with Crippen molar-refractivity contribution in [2.45, 2.75) is 20.0 Å². The second kappa shape index (κ2) is 9.47. The van der Waals surface area contributed by atoms with Gasteiger partial charge in [0.05, 0.1) is 12.5 Å². The normalized spacial score (nSPS) is 11.9. The first-order valence-corrected chi connectivity index (χ1v) is 10.7. The van der Waals surface area contributed by atoms with Crippen LogP contribution in [0.4, 0.5) is 11.6 Å². The molecule has 0 saturated carbocycles. The summed E-state index contributed by atoms with van der Waals surface area (Å²) < 4.78 is 7.23. The summed E-state index contributed by atoms with van der Waals surface area (Å²) in [5, 5.41) is 22.3. The average Bonchev–Trinajstić information content (AvgIpc) is 3.24. The van der Waals surface area contributed by atoms with Gasteiger partial charge in [0.1, 0.15) is 5.58 Å². The van der Waals surface area contributed by atoms with Crippen molar-refractivity contribution in [2.24, 2.45) is 5.92 Å². The number of furan rings is 1. The SMILES string of the molecule is C[C@@H](Cn1c(=O)nc(Nc2ccc3oc(C(=O)O)cc3c2)n(Cc2ccc(Cl)cc2)c1=O)C(=O)O. The molecule has 2 aromatic heterocycles. The molecule has 180 valence electrons. The first-order valence-electron chi connectivity index (χ1n) is 10.3. The van der Waals surface area contributed by atoms with E-state index in [0.29, 0.717) is 27.2 Å². The number of fused-ring (bicyclic) bond motifs is 1. The van der Waals surface area contributed by atoms with Crippen LogP contribution in [0.5, 0.6) is 0 Å². The Morgan fingerprint density at radius 2 is 1.80 bits per heavy atom. The van der Waals surface area contributed by atoms with Crippen molar-refractivity contribution in [3.8, 4) is 0 Å². The zero-order valence-electron chi connectivity index (χ0n) is 18.3. The van der Waals surface area contributed by atoms with Crippen LogP contribution in [0.2, 0.25) is 5.02 Å². The summed E-state index contributed by atoms with van der Waals surface area (Å²) in [7, 11) is 0. The zero-order valence-corrected chi connectivity index (χ0v) is 19.0. The number of carbonyl (C=O) groups is 2. The van der Waals surface area contributed by atoms with Gasteiger partial charge in [0.25, 0.3) is 0 Å². The van der Waals surface area contributed by atoms with Crippen LogP contribution >= 0.6 is 11.6 Å². The summed E-state index contributed by atoms with van der Waals surface area (Å²) in [4.78, 5) is 52.4. The molecule has 0 radical (unpaired) electrons. The Hall–Kier alpha value is -4.38. The number of anilines is 2. The molecule has 0 unspecified atom stereocenters. The van der Waals surface area contributed by atoms with Crippen molar-refractivity contribution < 1.29 is 24.2 Å². The fourth-order valence-corrected chi connectivity index (χ4v) is 3.53. The molecule has 2 heterocycles. The molecule has 0 saturated heterocycles. The van der Waals surface area contributed by atoms with Crippen molar-refractivity contribution >= 4 is 46.1 Å². The molecule has 4 rings (SSSR count). The first kappa shape index (κ1) is 23.8. The molecule has 0 amide bonds. The number of benzene rings is 2. The van der Waals surface area contributed by atoms with E-state index in [0.717, 1.165) is 4.57 Å². The second-order valence-corrected chi connectivity index (χ2v) is 8.29. The van der Waals surface area contributed by atoms with E-state index in [2.05, 4.69) is 10.3 Å². The number of aromatic nitrogens is 3. The number of halogens is 1. The van der Waals surface area contributed by atoms with E-state index < -0.39 is 29.2 Å². The fraction of sp³-hybridized carbons (Fsp3) is 0.174. The van der Waals surface area contributed by atoms with Crippen LogP contribution < -0.4 is 16.7 Å². The molecule has 0 fully saturated rings. The molecule has 1 atom stereocenters. The summed E-state index contributed by atoms with van der Waals surface area (Å²) in [5.74, 6) is -3.66. The summed E-state index contributed by atoms with van der Waals surface area (Å²) in [5.41, 5.74) is -0.196. The lowest BCUT2D eigenvalue weighted by Gasteiger charge is -2.16. The lowest BCUT2D eigenvalue weighted by atomic mass is 10.2. The highest BCUT2D eigenvalue weighted by Crippen LogP contribution is 2.24. The molecular weight excluding hydrogens is 480 g/mol. The van der Waals surface area contributed by atoms with E-state index in [-0.39, 0.29) is 24.8 Å². The van der Waals surface area contributed by atoms with E-state index >= 15 is 0 Å². The molecule has 0 aliphatic carbocycles. The standard InChI is InChI=1S/C23H19ClN4O7/c1-12(19(29)30)10-28-22(33)26-21(27(23(28)34)11-13-2-4-15(24)5-3-13)25-16-6-7-17-14(8-16)9-18(35-17)20(31)32/h2-9,12H,10-11H2,1H3,(H,29,30)(H,31,32)(H,25,26,33)/t12-/m0/s1. The molecule has 2 aromatic carbocycles. The first-order chi connectivity index (χ1) is 16.6. The zero-order chi connectivity index (χ0) is 25.3. The molecule has 0 aliphatic heterocycles. The molecule has 0 aliphatic rings. The average molecular weight is 499 g/mol. The number of carboxylic acid groups (broad SMARTS) is 2. The maximum absolute atomic E-state index is 13.3. The molecule has 35 heavy (non-hydrogen) atoms. The number of hydrogen-bond acceptors (Lipinski definition) is 7. The van der Waals surface area contributed by atoms with Crippen molar-refractivity contribution in [3.63, 3.8) is 0 Å². The number of aliphatic carboxylic acids is 1. The Kier molecular flexibility index (Phi) is 6.43. The van der Waals surface area contributed by atoms with Crippen LogP contribution in [0.15, 0.2) is 62.5 Å². The Bertz CT molecular complexity index is 1550. The minimum atomic E-state index is -1.21. The number of nitrogens with one attached hydrogen (secondary N) is 1. The predicted octanol–water partition coefficient (Wildman–Crippen LogP) is 3.02. The lowest BCUT2D eigenvalue weighted by molar-refractivity contribution is -0.141. The van der Waals surface area contributed by atoms with Gasteiger partial charge in [-0.05, 0) is 42.0 Å². The van der Waals surface area contributed by atoms with Gasteiger partial charge < -0.3 is 19.9 Å². The molecule has 0 bridgehead atoms. The Balaban J connectivity index is 1.78. The van der Waals surface area contributed by atoms with Gasteiger partial charge in [-0.25, -0.2) is 19.0 Å². The lowest BCUT2D eigenvalue weighted by Crippen LogP contribution is -2.44. The van der Waals surface area contributed by atoms with Crippen LogP contribution in [0.1, 0.15) is 23.0 Å². The van der Waals surface area contributed by atoms with E-state index in [9.17, 15) is 24.3 Å². The van der Waals surface area contributed by atoms with Gasteiger partial charge in [-0.1, -0.05) is 30.7 Å². The maximum atomic E-state index is 13.3. The highest BCUT2D eigenvalue weighted by atomic mass is 35.5. The van der Waals surface area contributed by atoms with Crippen molar-refractivity contribution in [1.82, 2.24) is 14.1 Å². The number of hydrogen-bond donors (Lipinski definition) is 3. The smallest absolute Gasteiger partial charge is 0.371 e. The largest absolute Gasteiger partial charge is 0.481 e. The van der Waals surface area contributed by atoms with E-state index in [4.69, 9.17) is 21.1 Å². The van der Waals surface area contributed by atoms with Crippen LogP contribution in [-0.2, 0) is 17.9 Å². The van der Waals surface area contributed by atoms with Gasteiger partial charge >= 0.3 is 23.3 Å². The van der Waals surface area contributed by atoms with Gasteiger partial charge in [-0.3, -0.25) is 9.36 Å². The van der Waals surface area contributed by atoms with E-state index in [1.165, 1.54) is 17.6 Å². The number of rotatable bonds is 8. The highest BCUT2D eigenvalue weighted by molar-refractivity contribution is 6.30. The molecule has 11 nitrogen and oxygen atoms in total. The molecule has 3 N–H and O–H groups in total. The molecular formula is C23H19ClN4O7. The van der Waals surface area contributed by atoms with Crippen molar-refractivity contribution in [3.05, 3.63) is 85.8 Å². The van der Waals surface area contributed by atoms with Crippen LogP contribution in [-0.4, -0.2) is 36.3 Å².